The van der Waals surface area contributed by atoms with Crippen LogP contribution in [0.1, 0.15) is 29.2 Å². The molecule has 0 atom stereocenters. The number of anilines is 6. The molecule has 4 rings (SSSR count). The van der Waals surface area contributed by atoms with Crippen molar-refractivity contribution in [1.82, 2.24) is 15.0 Å². The Hall–Kier alpha value is -3.93. The molecule has 4 aromatic rings. The van der Waals surface area contributed by atoms with E-state index in [2.05, 4.69) is 88.9 Å². The summed E-state index contributed by atoms with van der Waals surface area (Å²) >= 11 is 0. The first-order chi connectivity index (χ1) is 15.5. The van der Waals surface area contributed by atoms with E-state index in [0.29, 0.717) is 17.8 Å². The van der Waals surface area contributed by atoms with Crippen LogP contribution >= 0.6 is 0 Å². The number of aromatic nitrogens is 3. The first-order valence-corrected chi connectivity index (χ1v) is 10.8. The highest BCUT2D eigenvalue weighted by Crippen LogP contribution is 2.24. The van der Waals surface area contributed by atoms with Crippen molar-refractivity contribution in [3.63, 3.8) is 0 Å². The Labute approximate surface area is 189 Å². The number of nitrogens with zero attached hydrogens (tertiary/aromatic N) is 3. The fourth-order valence-electron chi connectivity index (χ4n) is 3.45. The summed E-state index contributed by atoms with van der Waals surface area (Å²) in [5, 5.41) is 10.0. The van der Waals surface area contributed by atoms with Gasteiger partial charge >= 0.3 is 0 Å². The van der Waals surface area contributed by atoms with Gasteiger partial charge in [0, 0.05) is 17.1 Å². The predicted octanol–water partition coefficient (Wildman–Crippen LogP) is 6.59. The minimum Gasteiger partial charge on any atom is -0.324 e. The van der Waals surface area contributed by atoms with Crippen LogP contribution in [0.2, 0.25) is 0 Å². The molecule has 162 valence electrons. The van der Waals surface area contributed by atoms with E-state index in [0.717, 1.165) is 29.0 Å². The van der Waals surface area contributed by atoms with Gasteiger partial charge in [-0.25, -0.2) is 0 Å². The van der Waals surface area contributed by atoms with Gasteiger partial charge in [0.25, 0.3) is 0 Å². The van der Waals surface area contributed by atoms with Crippen molar-refractivity contribution in [2.24, 2.45) is 0 Å². The molecule has 0 saturated carbocycles. The second-order valence-corrected chi connectivity index (χ2v) is 7.88. The monoisotopic (exact) mass is 424 g/mol. The minimum atomic E-state index is 0.465. The molecule has 3 aromatic carbocycles. The van der Waals surface area contributed by atoms with Crippen LogP contribution in [-0.4, -0.2) is 15.0 Å². The van der Waals surface area contributed by atoms with Crippen molar-refractivity contribution in [2.75, 3.05) is 16.0 Å². The Morgan fingerprint density at radius 2 is 1.22 bits per heavy atom. The van der Waals surface area contributed by atoms with E-state index in [1.807, 2.05) is 36.4 Å². The Morgan fingerprint density at radius 3 is 1.88 bits per heavy atom. The fraction of sp³-hybridized carbons (Fsp3) is 0.192. The third kappa shape index (κ3) is 5.21. The molecule has 0 saturated heterocycles. The molecule has 6 nitrogen and oxygen atoms in total. The fourth-order valence-corrected chi connectivity index (χ4v) is 3.45. The van der Waals surface area contributed by atoms with Gasteiger partial charge in [0.05, 0.1) is 0 Å². The smallest absolute Gasteiger partial charge is 0.233 e. The summed E-state index contributed by atoms with van der Waals surface area (Å²) in [5.41, 5.74) is 7.60. The Morgan fingerprint density at radius 1 is 0.625 bits per heavy atom. The zero-order valence-corrected chi connectivity index (χ0v) is 18.9. The second kappa shape index (κ2) is 9.47. The van der Waals surface area contributed by atoms with E-state index in [-0.39, 0.29) is 0 Å². The highest BCUT2D eigenvalue weighted by Gasteiger charge is 2.10. The summed E-state index contributed by atoms with van der Waals surface area (Å²) in [4.78, 5) is 13.9. The molecule has 1 heterocycles. The van der Waals surface area contributed by atoms with Gasteiger partial charge in [0.1, 0.15) is 0 Å². The largest absolute Gasteiger partial charge is 0.324 e. The number of benzene rings is 3. The maximum atomic E-state index is 4.63. The van der Waals surface area contributed by atoms with Crippen molar-refractivity contribution < 1.29 is 0 Å². The Kier molecular flexibility index (Phi) is 6.31. The molecule has 0 spiro atoms. The number of hydrogen-bond acceptors (Lipinski definition) is 6. The van der Waals surface area contributed by atoms with Gasteiger partial charge in [-0.2, -0.15) is 15.0 Å². The second-order valence-electron chi connectivity index (χ2n) is 7.88. The maximum absolute atomic E-state index is 4.63. The lowest BCUT2D eigenvalue weighted by Crippen LogP contribution is -2.08. The highest BCUT2D eigenvalue weighted by molar-refractivity contribution is 5.65. The van der Waals surface area contributed by atoms with Gasteiger partial charge in [-0.3, -0.25) is 0 Å². The number of hydrogen-bond donors (Lipinski definition) is 3. The first-order valence-electron chi connectivity index (χ1n) is 10.8. The molecular formula is C26H28N6. The summed E-state index contributed by atoms with van der Waals surface area (Å²) in [6, 6.07) is 22.5. The van der Waals surface area contributed by atoms with E-state index in [4.69, 9.17) is 0 Å². The molecule has 0 amide bonds. The van der Waals surface area contributed by atoms with Crippen molar-refractivity contribution in [3.05, 3.63) is 89.0 Å². The molecule has 3 N–H and O–H groups in total. The highest BCUT2D eigenvalue weighted by atomic mass is 15.3. The van der Waals surface area contributed by atoms with E-state index < -0.39 is 0 Å². The number of rotatable bonds is 7. The molecular weight excluding hydrogens is 396 g/mol. The third-order valence-electron chi connectivity index (χ3n) is 5.22. The molecule has 6 heteroatoms. The van der Waals surface area contributed by atoms with Crippen LogP contribution in [0.15, 0.2) is 66.7 Å². The van der Waals surface area contributed by atoms with Gasteiger partial charge < -0.3 is 16.0 Å². The lowest BCUT2D eigenvalue weighted by molar-refractivity contribution is 1.06. The summed E-state index contributed by atoms with van der Waals surface area (Å²) in [7, 11) is 0. The molecule has 0 aliphatic carbocycles. The van der Waals surface area contributed by atoms with E-state index >= 15 is 0 Å². The lowest BCUT2D eigenvalue weighted by Gasteiger charge is -2.14. The van der Waals surface area contributed by atoms with Crippen LogP contribution in [0, 0.1) is 20.8 Å². The number of nitrogens with one attached hydrogen (secondary N) is 3. The van der Waals surface area contributed by atoms with E-state index in [9.17, 15) is 0 Å². The molecule has 0 radical (unpaired) electrons. The molecule has 0 aliphatic heterocycles. The zero-order chi connectivity index (χ0) is 22.5. The molecule has 32 heavy (non-hydrogen) atoms. The molecule has 1 aromatic heterocycles. The number of aryl methyl sites for hydroxylation is 4. The standard InChI is InChI=1S/C26H28N6/c1-5-20-8-6-7-9-23(20)29-26-31-24(27-21-13-10-17(2)11-14-21)30-25(32-26)28-22-15-12-18(3)16-19(22)4/h6-16H,5H2,1-4H3,(H3,27,28,29,30,31,32). The van der Waals surface area contributed by atoms with Crippen LogP contribution in [0.25, 0.3) is 0 Å². The first kappa shape index (κ1) is 21.3. The normalized spacial score (nSPS) is 10.6. The quantitative estimate of drug-likeness (QED) is 0.311. The van der Waals surface area contributed by atoms with Crippen molar-refractivity contribution in [2.45, 2.75) is 34.1 Å². The predicted molar refractivity (Wildman–Crippen MR) is 133 cm³/mol. The van der Waals surface area contributed by atoms with Gasteiger partial charge in [-0.05, 0) is 62.6 Å². The Balaban J connectivity index is 1.69. The van der Waals surface area contributed by atoms with Crippen LogP contribution < -0.4 is 16.0 Å². The van der Waals surface area contributed by atoms with E-state index in [1.54, 1.807) is 0 Å². The van der Waals surface area contributed by atoms with Crippen molar-refractivity contribution in [3.8, 4) is 0 Å². The van der Waals surface area contributed by atoms with Crippen LogP contribution in [-0.2, 0) is 6.42 Å². The summed E-state index contributed by atoms with van der Waals surface area (Å²) < 4.78 is 0. The molecule has 0 aliphatic rings. The van der Waals surface area contributed by atoms with Crippen LogP contribution in [0.3, 0.4) is 0 Å². The van der Waals surface area contributed by atoms with E-state index in [1.165, 1.54) is 16.7 Å². The van der Waals surface area contributed by atoms with Crippen molar-refractivity contribution in [1.29, 1.82) is 0 Å². The van der Waals surface area contributed by atoms with Gasteiger partial charge in [-0.15, -0.1) is 0 Å². The topological polar surface area (TPSA) is 74.8 Å². The van der Waals surface area contributed by atoms with Gasteiger partial charge in [0.2, 0.25) is 17.8 Å². The SMILES string of the molecule is CCc1ccccc1Nc1nc(Nc2ccc(C)cc2)nc(Nc2ccc(C)cc2C)n1. The lowest BCUT2D eigenvalue weighted by atomic mass is 10.1. The zero-order valence-electron chi connectivity index (χ0n) is 18.9. The van der Waals surface area contributed by atoms with Gasteiger partial charge in [0.15, 0.2) is 0 Å². The minimum absolute atomic E-state index is 0.465. The van der Waals surface area contributed by atoms with Crippen LogP contribution in [0.5, 0.6) is 0 Å². The van der Waals surface area contributed by atoms with Crippen molar-refractivity contribution >= 4 is 34.9 Å². The average molecular weight is 425 g/mol. The van der Waals surface area contributed by atoms with Gasteiger partial charge in [-0.1, -0.05) is 60.5 Å². The maximum Gasteiger partial charge on any atom is 0.233 e. The number of para-hydroxylation sites is 1. The molecule has 0 fully saturated rings. The average Bonchev–Trinajstić information content (AvgIpc) is 2.78. The Bertz CT molecular complexity index is 1220. The summed E-state index contributed by atoms with van der Waals surface area (Å²) in [5.74, 6) is 1.41. The van der Waals surface area contributed by atoms with Crippen LogP contribution in [0.4, 0.5) is 34.9 Å². The molecule has 0 bridgehead atoms. The summed E-state index contributed by atoms with van der Waals surface area (Å²) in [6.45, 7) is 8.34. The molecule has 0 unspecified atom stereocenters. The third-order valence-corrected chi connectivity index (χ3v) is 5.22. The summed E-state index contributed by atoms with van der Waals surface area (Å²) in [6.07, 6.45) is 0.913.